The van der Waals surface area contributed by atoms with Gasteiger partial charge in [0.25, 0.3) is 0 Å². The van der Waals surface area contributed by atoms with E-state index < -0.39 is 5.41 Å². The van der Waals surface area contributed by atoms with Gasteiger partial charge < -0.3 is 0 Å². The first-order valence-corrected chi connectivity index (χ1v) is 9.59. The predicted octanol–water partition coefficient (Wildman–Crippen LogP) is 2.69. The van der Waals surface area contributed by atoms with Crippen molar-refractivity contribution in [2.75, 3.05) is 11.4 Å². The van der Waals surface area contributed by atoms with Crippen LogP contribution in [-0.2, 0) is 11.8 Å². The van der Waals surface area contributed by atoms with E-state index in [1.165, 1.54) is 6.20 Å². The number of fused-ring (bicyclic) bond motifs is 1. The van der Waals surface area contributed by atoms with Gasteiger partial charge in [-0.25, -0.2) is 9.50 Å². The molecule has 142 valence electrons. The second-order valence-electron chi connectivity index (χ2n) is 7.71. The third-order valence-corrected chi connectivity index (χ3v) is 6.21. The zero-order valence-electron chi connectivity index (χ0n) is 15.5. The highest BCUT2D eigenvalue weighted by atomic mass is 35.5. The average Bonchev–Trinajstić information content (AvgIpc) is 3.25. The van der Waals surface area contributed by atoms with Crippen molar-refractivity contribution >= 4 is 28.8 Å². The molecule has 2 aliphatic rings. The summed E-state index contributed by atoms with van der Waals surface area (Å²) in [5, 5.41) is 18.8. The summed E-state index contributed by atoms with van der Waals surface area (Å²) >= 11 is 6.38. The Labute approximate surface area is 166 Å². The molecule has 3 aromatic heterocycles. The van der Waals surface area contributed by atoms with Crippen molar-refractivity contribution in [3.63, 3.8) is 0 Å². The van der Waals surface area contributed by atoms with Crippen LogP contribution in [0, 0.1) is 28.6 Å². The lowest BCUT2D eigenvalue weighted by molar-refractivity contribution is -0.124. The van der Waals surface area contributed by atoms with Crippen molar-refractivity contribution in [2.45, 2.75) is 19.8 Å². The van der Waals surface area contributed by atoms with Gasteiger partial charge in [0.15, 0.2) is 5.82 Å². The van der Waals surface area contributed by atoms with Gasteiger partial charge in [-0.1, -0.05) is 18.5 Å². The second kappa shape index (κ2) is 5.79. The highest BCUT2D eigenvalue weighted by Gasteiger charge is 2.61. The number of anilines is 1. The van der Waals surface area contributed by atoms with Gasteiger partial charge in [0.2, 0.25) is 5.91 Å². The molecule has 3 aromatic rings. The van der Waals surface area contributed by atoms with E-state index in [-0.39, 0.29) is 17.7 Å². The predicted molar refractivity (Wildman–Crippen MR) is 102 cm³/mol. The molecule has 5 rings (SSSR count). The summed E-state index contributed by atoms with van der Waals surface area (Å²) in [6, 6.07) is 2.36. The van der Waals surface area contributed by atoms with Crippen molar-refractivity contribution in [3.05, 3.63) is 29.8 Å². The molecule has 8 nitrogen and oxygen atoms in total. The minimum Gasteiger partial charge on any atom is -0.293 e. The summed E-state index contributed by atoms with van der Waals surface area (Å²) in [5.74, 6) is 0.310. The molecular weight excluding hydrogens is 378 g/mol. The highest BCUT2D eigenvalue weighted by molar-refractivity contribution is 6.34. The van der Waals surface area contributed by atoms with Crippen LogP contribution >= 0.6 is 11.6 Å². The summed E-state index contributed by atoms with van der Waals surface area (Å²) in [4.78, 5) is 19.8. The van der Waals surface area contributed by atoms with Gasteiger partial charge >= 0.3 is 0 Å². The maximum absolute atomic E-state index is 13.5. The first-order valence-electron chi connectivity index (χ1n) is 9.22. The van der Waals surface area contributed by atoms with Crippen LogP contribution in [0.3, 0.4) is 0 Å². The molecule has 0 unspecified atom stereocenters. The van der Waals surface area contributed by atoms with Gasteiger partial charge in [0.1, 0.15) is 10.9 Å². The molecule has 0 bridgehead atoms. The Morgan fingerprint density at radius 3 is 2.71 bits per heavy atom. The zero-order valence-corrected chi connectivity index (χ0v) is 16.3. The van der Waals surface area contributed by atoms with Crippen molar-refractivity contribution in [1.82, 2.24) is 24.4 Å². The minimum atomic E-state index is -0.977. The minimum absolute atomic E-state index is 0.0805. The molecule has 1 amide bonds. The lowest BCUT2D eigenvalue weighted by Gasteiger charge is -2.23. The molecule has 0 N–H and O–H groups in total. The van der Waals surface area contributed by atoms with Crippen LogP contribution in [0.2, 0.25) is 5.02 Å². The maximum Gasteiger partial charge on any atom is 0.249 e. The standard InChI is InChI=1S/C19H18ClN7O/c1-11-7-26(18(28)19(11,10-21)13-3-4-13)17-16-14(20)6-23-27(16)9-15(24-17)12-5-22-25(2)8-12/h5-6,8-9,11,13H,3-4,7H2,1-2H3/t11-,19+/m1/s1. The Hall–Kier alpha value is -2.92. The van der Waals surface area contributed by atoms with Gasteiger partial charge in [0, 0.05) is 31.3 Å². The number of nitrogens with zero attached hydrogens (tertiary/aromatic N) is 7. The molecule has 0 spiro atoms. The number of hydrogen-bond acceptors (Lipinski definition) is 5. The quantitative estimate of drug-likeness (QED) is 0.679. The van der Waals surface area contributed by atoms with E-state index in [1.807, 2.05) is 20.2 Å². The fourth-order valence-corrected chi connectivity index (χ4v) is 4.54. The molecule has 28 heavy (non-hydrogen) atoms. The number of carbonyl (C=O) groups is 1. The Balaban J connectivity index is 1.69. The smallest absolute Gasteiger partial charge is 0.249 e. The van der Waals surface area contributed by atoms with Crippen LogP contribution < -0.4 is 4.90 Å². The third-order valence-electron chi connectivity index (χ3n) is 5.93. The number of nitriles is 1. The molecule has 1 saturated carbocycles. The molecule has 1 aliphatic carbocycles. The fourth-order valence-electron chi connectivity index (χ4n) is 4.32. The molecule has 0 radical (unpaired) electrons. The van der Waals surface area contributed by atoms with E-state index in [2.05, 4.69) is 16.3 Å². The van der Waals surface area contributed by atoms with Crippen LogP contribution in [0.1, 0.15) is 19.8 Å². The highest BCUT2D eigenvalue weighted by Crippen LogP contribution is 2.54. The largest absolute Gasteiger partial charge is 0.293 e. The molecule has 0 aromatic carbocycles. The number of aryl methyl sites for hydroxylation is 1. The molecular formula is C19H18ClN7O. The molecule has 2 fully saturated rings. The van der Waals surface area contributed by atoms with Crippen molar-refractivity contribution in [2.24, 2.45) is 24.3 Å². The summed E-state index contributed by atoms with van der Waals surface area (Å²) in [5.41, 5.74) is 1.04. The fraction of sp³-hybridized carbons (Fsp3) is 0.421. The zero-order chi connectivity index (χ0) is 19.6. The van der Waals surface area contributed by atoms with Crippen molar-refractivity contribution < 1.29 is 4.79 Å². The van der Waals surface area contributed by atoms with Crippen molar-refractivity contribution in [1.29, 1.82) is 5.26 Å². The molecule has 9 heteroatoms. The second-order valence-corrected chi connectivity index (χ2v) is 8.12. The van der Waals surface area contributed by atoms with Gasteiger partial charge in [0.05, 0.1) is 35.4 Å². The topological polar surface area (TPSA) is 92.1 Å². The molecule has 1 saturated heterocycles. The summed E-state index contributed by atoms with van der Waals surface area (Å²) < 4.78 is 3.32. The summed E-state index contributed by atoms with van der Waals surface area (Å²) in [6.07, 6.45) is 8.71. The van der Waals surface area contributed by atoms with Crippen LogP contribution in [-0.4, -0.2) is 36.8 Å². The van der Waals surface area contributed by atoms with Crippen molar-refractivity contribution in [3.8, 4) is 17.3 Å². The van der Waals surface area contributed by atoms with E-state index in [1.54, 1.807) is 26.5 Å². The Bertz CT molecular complexity index is 1150. The van der Waals surface area contributed by atoms with Crippen LogP contribution in [0.5, 0.6) is 0 Å². The Kier molecular flexibility index (Phi) is 3.55. The maximum atomic E-state index is 13.5. The first kappa shape index (κ1) is 17.2. The Morgan fingerprint density at radius 2 is 2.07 bits per heavy atom. The van der Waals surface area contributed by atoms with E-state index >= 15 is 0 Å². The number of rotatable bonds is 3. The van der Waals surface area contributed by atoms with Gasteiger partial charge in [-0.3, -0.25) is 14.4 Å². The third kappa shape index (κ3) is 2.23. The lowest BCUT2D eigenvalue weighted by Crippen LogP contribution is -2.37. The van der Waals surface area contributed by atoms with E-state index in [0.717, 1.165) is 18.4 Å². The first-order chi connectivity index (χ1) is 13.5. The van der Waals surface area contributed by atoms with E-state index in [4.69, 9.17) is 16.6 Å². The molecule has 1 aliphatic heterocycles. The van der Waals surface area contributed by atoms with E-state index in [0.29, 0.717) is 28.6 Å². The van der Waals surface area contributed by atoms with Gasteiger partial charge in [-0.05, 0) is 18.8 Å². The van der Waals surface area contributed by atoms with Crippen LogP contribution in [0.15, 0.2) is 24.8 Å². The number of carbonyl (C=O) groups excluding carboxylic acids is 1. The molecule has 4 heterocycles. The molecule has 2 atom stereocenters. The summed E-state index contributed by atoms with van der Waals surface area (Å²) in [7, 11) is 1.83. The lowest BCUT2D eigenvalue weighted by atomic mass is 9.75. The van der Waals surface area contributed by atoms with Gasteiger partial charge in [-0.15, -0.1) is 0 Å². The number of halogens is 1. The van der Waals surface area contributed by atoms with Crippen LogP contribution in [0.25, 0.3) is 16.8 Å². The number of aromatic nitrogens is 5. The normalized spacial score (nSPS) is 24.9. The average molecular weight is 396 g/mol. The Morgan fingerprint density at radius 1 is 1.29 bits per heavy atom. The SMILES string of the molecule is C[C@@H]1CN(c2nc(-c3cnn(C)c3)cn3ncc(Cl)c23)C(=O)[C@]1(C#N)C1CC1. The van der Waals surface area contributed by atoms with Gasteiger partial charge in [-0.2, -0.15) is 15.5 Å². The van der Waals surface area contributed by atoms with Crippen LogP contribution in [0.4, 0.5) is 5.82 Å². The number of hydrogen-bond donors (Lipinski definition) is 0. The van der Waals surface area contributed by atoms with E-state index in [9.17, 15) is 10.1 Å². The summed E-state index contributed by atoms with van der Waals surface area (Å²) in [6.45, 7) is 2.41. The number of amides is 1. The monoisotopic (exact) mass is 395 g/mol.